The predicted octanol–water partition coefficient (Wildman–Crippen LogP) is 3.14. The average molecular weight is 258 g/mol. The summed E-state index contributed by atoms with van der Waals surface area (Å²) in [4.78, 5) is 9.05. The molecule has 0 aliphatic heterocycles. The normalized spacial score (nSPS) is 10.4. The molecule has 4 heteroatoms. The van der Waals surface area contributed by atoms with Crippen LogP contribution in [0.1, 0.15) is 22.3 Å². The summed E-state index contributed by atoms with van der Waals surface area (Å²) < 4.78 is 0. The molecule has 0 atom stereocenters. The molecule has 0 spiro atoms. The monoisotopic (exact) mass is 258 g/mol. The van der Waals surface area contributed by atoms with Crippen LogP contribution in [0.4, 0.5) is 0 Å². The molecular weight excluding hydrogens is 248 g/mol. The molecule has 1 heterocycles. The minimum Gasteiger partial charge on any atom is -0.244 e. The molecule has 0 saturated heterocycles. The van der Waals surface area contributed by atoms with Gasteiger partial charge in [0.15, 0.2) is 0 Å². The number of nitrogens with zero attached hydrogens (tertiary/aromatic N) is 4. The number of hydrogen-bond acceptors (Lipinski definition) is 4. The van der Waals surface area contributed by atoms with E-state index in [9.17, 15) is 5.26 Å². The van der Waals surface area contributed by atoms with Gasteiger partial charge in [-0.15, -0.1) is 0 Å². The lowest BCUT2D eigenvalue weighted by Gasteiger charge is -2.08. The van der Waals surface area contributed by atoms with Crippen LogP contribution in [0.15, 0.2) is 24.3 Å². The Balaban J connectivity index is 2.57. The number of nitriles is 2. The zero-order chi connectivity index (χ0) is 14.3. The maximum absolute atomic E-state index is 9.36. The Kier molecular flexibility index (Phi) is 2.59. The largest absolute Gasteiger partial charge is 0.244 e. The Hall–Kier alpha value is -2.98. The van der Waals surface area contributed by atoms with E-state index in [-0.39, 0.29) is 0 Å². The van der Waals surface area contributed by atoms with Gasteiger partial charge in [-0.3, -0.25) is 0 Å². The van der Waals surface area contributed by atoms with E-state index in [1.54, 1.807) is 12.1 Å². The number of fused-ring (bicyclic) bond motifs is 2. The van der Waals surface area contributed by atoms with Crippen LogP contribution in [0.2, 0.25) is 0 Å². The SMILES string of the molecule is Cc1cc2nc3cccc(C#N)c3nc2c(C#N)c1C. The highest BCUT2D eigenvalue weighted by Crippen LogP contribution is 2.25. The second kappa shape index (κ2) is 4.29. The maximum atomic E-state index is 9.36. The number of rotatable bonds is 0. The van der Waals surface area contributed by atoms with Gasteiger partial charge in [-0.25, -0.2) is 9.97 Å². The Morgan fingerprint density at radius 3 is 2.45 bits per heavy atom. The van der Waals surface area contributed by atoms with Gasteiger partial charge in [0.2, 0.25) is 0 Å². The van der Waals surface area contributed by atoms with Crippen molar-refractivity contribution in [2.24, 2.45) is 0 Å². The van der Waals surface area contributed by atoms with Crippen LogP contribution >= 0.6 is 0 Å². The fraction of sp³-hybridized carbons (Fsp3) is 0.125. The van der Waals surface area contributed by atoms with Crippen molar-refractivity contribution in [2.75, 3.05) is 0 Å². The van der Waals surface area contributed by atoms with Crippen LogP contribution in [0.3, 0.4) is 0 Å². The third-order valence-corrected chi connectivity index (χ3v) is 3.51. The molecule has 0 radical (unpaired) electrons. The van der Waals surface area contributed by atoms with Gasteiger partial charge in [0.25, 0.3) is 0 Å². The van der Waals surface area contributed by atoms with E-state index in [0.717, 1.165) is 11.1 Å². The summed E-state index contributed by atoms with van der Waals surface area (Å²) in [6, 6.07) is 11.5. The van der Waals surface area contributed by atoms with E-state index < -0.39 is 0 Å². The molecule has 0 N–H and O–H groups in total. The van der Waals surface area contributed by atoms with Crippen LogP contribution in [-0.2, 0) is 0 Å². The molecule has 0 aliphatic carbocycles. The molecule has 0 fully saturated rings. The van der Waals surface area contributed by atoms with Crippen LogP contribution in [-0.4, -0.2) is 9.97 Å². The van der Waals surface area contributed by atoms with Gasteiger partial charge in [-0.2, -0.15) is 10.5 Å². The van der Waals surface area contributed by atoms with Crippen LogP contribution in [0, 0.1) is 36.5 Å². The molecule has 0 saturated carbocycles. The predicted molar refractivity (Wildman–Crippen MR) is 75.9 cm³/mol. The molecule has 0 aliphatic rings. The van der Waals surface area contributed by atoms with Crippen molar-refractivity contribution >= 4 is 22.1 Å². The fourth-order valence-electron chi connectivity index (χ4n) is 2.29. The van der Waals surface area contributed by atoms with Crippen molar-refractivity contribution in [3.8, 4) is 12.1 Å². The second-order valence-corrected chi connectivity index (χ2v) is 4.68. The molecule has 20 heavy (non-hydrogen) atoms. The van der Waals surface area contributed by atoms with E-state index in [1.807, 2.05) is 26.0 Å². The highest BCUT2D eigenvalue weighted by Gasteiger charge is 2.12. The first-order chi connectivity index (χ1) is 9.65. The Bertz CT molecular complexity index is 943. The topological polar surface area (TPSA) is 73.4 Å². The molecule has 0 bridgehead atoms. The Morgan fingerprint density at radius 2 is 1.75 bits per heavy atom. The second-order valence-electron chi connectivity index (χ2n) is 4.68. The van der Waals surface area contributed by atoms with Crippen molar-refractivity contribution < 1.29 is 0 Å². The third kappa shape index (κ3) is 1.60. The van der Waals surface area contributed by atoms with Crippen molar-refractivity contribution in [2.45, 2.75) is 13.8 Å². The molecule has 2 aromatic carbocycles. The summed E-state index contributed by atoms with van der Waals surface area (Å²) in [6.45, 7) is 3.85. The van der Waals surface area contributed by atoms with Gasteiger partial charge in [0.05, 0.1) is 22.2 Å². The Labute approximate surface area is 115 Å². The lowest BCUT2D eigenvalue weighted by molar-refractivity contribution is 1.28. The van der Waals surface area contributed by atoms with Crippen molar-refractivity contribution in [3.05, 3.63) is 46.5 Å². The van der Waals surface area contributed by atoms with Crippen LogP contribution in [0.25, 0.3) is 22.1 Å². The molecule has 94 valence electrons. The van der Waals surface area contributed by atoms with Crippen LogP contribution < -0.4 is 0 Å². The molecule has 1 aromatic heterocycles. The van der Waals surface area contributed by atoms with E-state index in [4.69, 9.17) is 5.26 Å². The van der Waals surface area contributed by atoms with Gasteiger partial charge in [0, 0.05) is 0 Å². The minimum atomic E-state index is 0.471. The van der Waals surface area contributed by atoms with Gasteiger partial charge in [0.1, 0.15) is 23.2 Å². The lowest BCUT2D eigenvalue weighted by Crippen LogP contribution is -1.96. The zero-order valence-electron chi connectivity index (χ0n) is 11.1. The number of benzene rings is 2. The van der Waals surface area contributed by atoms with E-state index in [2.05, 4.69) is 22.1 Å². The van der Waals surface area contributed by atoms with Gasteiger partial charge < -0.3 is 0 Å². The summed E-state index contributed by atoms with van der Waals surface area (Å²) in [5, 5.41) is 18.5. The van der Waals surface area contributed by atoms with Gasteiger partial charge in [-0.1, -0.05) is 6.07 Å². The highest BCUT2D eigenvalue weighted by atomic mass is 14.8. The van der Waals surface area contributed by atoms with Gasteiger partial charge >= 0.3 is 0 Å². The molecule has 4 nitrogen and oxygen atoms in total. The standard InChI is InChI=1S/C16H10N4/c1-9-6-14-16(12(8-18)10(9)2)20-15-11(7-17)4-3-5-13(15)19-14/h3-6H,1-2H3. The molecular formula is C16H10N4. The van der Waals surface area contributed by atoms with E-state index in [0.29, 0.717) is 33.2 Å². The molecule has 0 amide bonds. The first kappa shape index (κ1) is 12.1. The summed E-state index contributed by atoms with van der Waals surface area (Å²) in [6.07, 6.45) is 0. The maximum Gasteiger partial charge on any atom is 0.108 e. The first-order valence-corrected chi connectivity index (χ1v) is 6.16. The third-order valence-electron chi connectivity index (χ3n) is 3.51. The zero-order valence-corrected chi connectivity index (χ0v) is 11.1. The van der Waals surface area contributed by atoms with Crippen molar-refractivity contribution in [1.29, 1.82) is 10.5 Å². The number of para-hydroxylation sites is 1. The van der Waals surface area contributed by atoms with Gasteiger partial charge in [-0.05, 0) is 43.2 Å². The van der Waals surface area contributed by atoms with Crippen molar-refractivity contribution in [1.82, 2.24) is 9.97 Å². The van der Waals surface area contributed by atoms with Crippen LogP contribution in [0.5, 0.6) is 0 Å². The number of hydrogen-bond donors (Lipinski definition) is 0. The first-order valence-electron chi connectivity index (χ1n) is 6.16. The smallest absolute Gasteiger partial charge is 0.108 e. The summed E-state index contributed by atoms with van der Waals surface area (Å²) in [7, 11) is 0. The van der Waals surface area contributed by atoms with E-state index >= 15 is 0 Å². The summed E-state index contributed by atoms with van der Waals surface area (Å²) in [5.41, 5.74) is 5.38. The highest BCUT2D eigenvalue weighted by molar-refractivity contribution is 5.92. The molecule has 3 rings (SSSR count). The molecule has 3 aromatic rings. The molecule has 0 unspecified atom stereocenters. The fourth-order valence-corrected chi connectivity index (χ4v) is 2.29. The van der Waals surface area contributed by atoms with E-state index in [1.165, 1.54) is 0 Å². The number of aromatic nitrogens is 2. The number of aryl methyl sites for hydroxylation is 1. The average Bonchev–Trinajstić information content (AvgIpc) is 2.46. The lowest BCUT2D eigenvalue weighted by atomic mass is 10.0. The Morgan fingerprint density at radius 1 is 0.950 bits per heavy atom. The summed E-state index contributed by atoms with van der Waals surface area (Å²) >= 11 is 0. The summed E-state index contributed by atoms with van der Waals surface area (Å²) in [5.74, 6) is 0. The quantitative estimate of drug-likeness (QED) is 0.580. The van der Waals surface area contributed by atoms with Crippen molar-refractivity contribution in [3.63, 3.8) is 0 Å². The minimum absolute atomic E-state index is 0.471.